The lowest BCUT2D eigenvalue weighted by Crippen LogP contribution is -1.99. The zero-order valence-electron chi connectivity index (χ0n) is 6.81. The summed E-state index contributed by atoms with van der Waals surface area (Å²) in [6, 6.07) is 5.69. The molecule has 1 aromatic carbocycles. The molecular formula is C9H10BrFO. The Bertz CT molecular complexity index is 263. The quantitative estimate of drug-likeness (QED) is 0.779. The van der Waals surface area contributed by atoms with Gasteiger partial charge in [-0.15, -0.1) is 0 Å². The molecule has 66 valence electrons. The van der Waals surface area contributed by atoms with E-state index >= 15 is 0 Å². The Morgan fingerprint density at radius 1 is 1.50 bits per heavy atom. The fourth-order valence-electron chi connectivity index (χ4n) is 0.878. The summed E-state index contributed by atoms with van der Waals surface area (Å²) in [5.74, 6) is 0.738. The summed E-state index contributed by atoms with van der Waals surface area (Å²) >= 11 is 3.31. The van der Waals surface area contributed by atoms with E-state index in [1.807, 2.05) is 25.1 Å². The van der Waals surface area contributed by atoms with Crippen molar-refractivity contribution in [3.8, 4) is 5.75 Å². The Kier molecular flexibility index (Phi) is 3.53. The fraction of sp³-hybridized carbons (Fsp3) is 0.333. The van der Waals surface area contributed by atoms with Crippen molar-refractivity contribution >= 4 is 15.9 Å². The number of rotatable bonds is 3. The predicted octanol–water partition coefficient (Wildman–Crippen LogP) is 3.11. The second-order valence-corrected chi connectivity index (χ2v) is 3.36. The third-order valence-corrected chi connectivity index (χ3v) is 1.98. The third kappa shape index (κ3) is 2.48. The number of ether oxygens (including phenoxy) is 1. The minimum absolute atomic E-state index is 0.122. The molecule has 0 aliphatic carbocycles. The molecular weight excluding hydrogens is 223 g/mol. The molecule has 1 nitrogen and oxygen atoms in total. The highest BCUT2D eigenvalue weighted by Crippen LogP contribution is 2.22. The van der Waals surface area contributed by atoms with Gasteiger partial charge in [-0.05, 0) is 24.6 Å². The van der Waals surface area contributed by atoms with Crippen molar-refractivity contribution in [2.45, 2.75) is 6.92 Å². The van der Waals surface area contributed by atoms with Gasteiger partial charge in [-0.3, -0.25) is 0 Å². The van der Waals surface area contributed by atoms with E-state index in [0.29, 0.717) is 0 Å². The highest BCUT2D eigenvalue weighted by molar-refractivity contribution is 9.10. The summed E-state index contributed by atoms with van der Waals surface area (Å²) in [5, 5.41) is 0. The van der Waals surface area contributed by atoms with E-state index in [9.17, 15) is 4.39 Å². The van der Waals surface area contributed by atoms with Crippen molar-refractivity contribution in [3.05, 3.63) is 28.2 Å². The van der Waals surface area contributed by atoms with Crippen LogP contribution in [0, 0.1) is 6.92 Å². The van der Waals surface area contributed by atoms with Gasteiger partial charge in [-0.2, -0.15) is 0 Å². The molecule has 0 amide bonds. The first kappa shape index (κ1) is 9.52. The first-order chi connectivity index (χ1) is 5.74. The molecule has 1 aromatic rings. The Labute approximate surface area is 79.7 Å². The van der Waals surface area contributed by atoms with Gasteiger partial charge >= 0.3 is 0 Å². The molecule has 0 atom stereocenters. The van der Waals surface area contributed by atoms with Crippen molar-refractivity contribution in [1.82, 2.24) is 0 Å². The zero-order chi connectivity index (χ0) is 8.97. The Balaban J connectivity index is 2.75. The summed E-state index contributed by atoms with van der Waals surface area (Å²) in [6.07, 6.45) is 0. The summed E-state index contributed by atoms with van der Waals surface area (Å²) in [4.78, 5) is 0. The highest BCUT2D eigenvalue weighted by Gasteiger charge is 1.99. The molecule has 12 heavy (non-hydrogen) atoms. The Morgan fingerprint density at radius 3 is 2.92 bits per heavy atom. The third-order valence-electron chi connectivity index (χ3n) is 1.48. The first-order valence-corrected chi connectivity index (χ1v) is 4.48. The van der Waals surface area contributed by atoms with Crippen LogP contribution in [-0.4, -0.2) is 13.3 Å². The summed E-state index contributed by atoms with van der Waals surface area (Å²) in [5.41, 5.74) is 1.02. The monoisotopic (exact) mass is 232 g/mol. The SMILES string of the molecule is Cc1ccc(Br)cc1OCCF. The standard InChI is InChI=1S/C9H10BrFO/c1-7-2-3-8(10)6-9(7)12-5-4-11/h2-3,6H,4-5H2,1H3. The minimum Gasteiger partial charge on any atom is -0.491 e. The molecule has 0 aromatic heterocycles. The van der Waals surface area contributed by atoms with E-state index in [0.717, 1.165) is 15.8 Å². The lowest BCUT2D eigenvalue weighted by Gasteiger charge is -2.06. The van der Waals surface area contributed by atoms with Crippen LogP contribution in [-0.2, 0) is 0 Å². The molecule has 0 aliphatic heterocycles. The molecule has 0 bridgehead atoms. The summed E-state index contributed by atoms with van der Waals surface area (Å²) < 4.78 is 17.9. The minimum atomic E-state index is -0.452. The van der Waals surface area contributed by atoms with Crippen molar-refractivity contribution in [2.75, 3.05) is 13.3 Å². The largest absolute Gasteiger partial charge is 0.491 e. The smallest absolute Gasteiger partial charge is 0.123 e. The number of alkyl halides is 1. The van der Waals surface area contributed by atoms with Gasteiger partial charge in [-0.25, -0.2) is 4.39 Å². The molecule has 0 fully saturated rings. The lowest BCUT2D eigenvalue weighted by atomic mass is 10.2. The Morgan fingerprint density at radius 2 is 2.25 bits per heavy atom. The van der Waals surface area contributed by atoms with Crippen LogP contribution >= 0.6 is 15.9 Å². The van der Waals surface area contributed by atoms with Gasteiger partial charge in [0.25, 0.3) is 0 Å². The molecule has 0 unspecified atom stereocenters. The molecule has 1 rings (SSSR count). The van der Waals surface area contributed by atoms with Crippen LogP contribution in [0.5, 0.6) is 5.75 Å². The van der Waals surface area contributed by atoms with Gasteiger partial charge in [0.2, 0.25) is 0 Å². The van der Waals surface area contributed by atoms with Crippen LogP contribution in [0.2, 0.25) is 0 Å². The van der Waals surface area contributed by atoms with E-state index in [1.165, 1.54) is 0 Å². The Hall–Kier alpha value is -0.570. The number of halogens is 2. The maximum absolute atomic E-state index is 11.8. The second kappa shape index (κ2) is 4.45. The predicted molar refractivity (Wildman–Crippen MR) is 50.3 cm³/mol. The van der Waals surface area contributed by atoms with Crippen LogP contribution in [0.4, 0.5) is 4.39 Å². The van der Waals surface area contributed by atoms with E-state index in [1.54, 1.807) is 0 Å². The van der Waals surface area contributed by atoms with Gasteiger partial charge < -0.3 is 4.74 Å². The normalized spacial score (nSPS) is 9.92. The number of hydrogen-bond donors (Lipinski definition) is 0. The van der Waals surface area contributed by atoms with Gasteiger partial charge in [0.15, 0.2) is 0 Å². The van der Waals surface area contributed by atoms with E-state index < -0.39 is 6.67 Å². The van der Waals surface area contributed by atoms with Crippen LogP contribution in [0.25, 0.3) is 0 Å². The number of aryl methyl sites for hydroxylation is 1. The fourth-order valence-corrected chi connectivity index (χ4v) is 1.22. The maximum atomic E-state index is 11.8. The van der Waals surface area contributed by atoms with Crippen LogP contribution < -0.4 is 4.74 Å². The van der Waals surface area contributed by atoms with E-state index in [2.05, 4.69) is 15.9 Å². The second-order valence-electron chi connectivity index (χ2n) is 2.45. The van der Waals surface area contributed by atoms with Crippen molar-refractivity contribution in [3.63, 3.8) is 0 Å². The average Bonchev–Trinajstić information content (AvgIpc) is 2.07. The van der Waals surface area contributed by atoms with Gasteiger partial charge in [0.05, 0.1) is 0 Å². The van der Waals surface area contributed by atoms with E-state index in [4.69, 9.17) is 4.74 Å². The molecule has 0 N–H and O–H groups in total. The van der Waals surface area contributed by atoms with Crippen LogP contribution in [0.15, 0.2) is 22.7 Å². The molecule has 0 heterocycles. The van der Waals surface area contributed by atoms with E-state index in [-0.39, 0.29) is 6.61 Å². The van der Waals surface area contributed by atoms with Crippen molar-refractivity contribution in [2.24, 2.45) is 0 Å². The molecule has 0 spiro atoms. The topological polar surface area (TPSA) is 9.23 Å². The average molecular weight is 233 g/mol. The highest BCUT2D eigenvalue weighted by atomic mass is 79.9. The lowest BCUT2D eigenvalue weighted by molar-refractivity contribution is 0.271. The van der Waals surface area contributed by atoms with Crippen molar-refractivity contribution < 1.29 is 9.13 Å². The van der Waals surface area contributed by atoms with Crippen LogP contribution in [0.3, 0.4) is 0 Å². The summed E-state index contributed by atoms with van der Waals surface area (Å²) in [6.45, 7) is 1.60. The molecule has 3 heteroatoms. The number of benzene rings is 1. The van der Waals surface area contributed by atoms with Crippen molar-refractivity contribution in [1.29, 1.82) is 0 Å². The van der Waals surface area contributed by atoms with Gasteiger partial charge in [-0.1, -0.05) is 22.0 Å². The summed E-state index contributed by atoms with van der Waals surface area (Å²) in [7, 11) is 0. The maximum Gasteiger partial charge on any atom is 0.123 e. The number of hydrogen-bond acceptors (Lipinski definition) is 1. The molecule has 0 saturated carbocycles. The van der Waals surface area contributed by atoms with Crippen LogP contribution in [0.1, 0.15) is 5.56 Å². The zero-order valence-corrected chi connectivity index (χ0v) is 8.40. The molecule has 0 radical (unpaired) electrons. The van der Waals surface area contributed by atoms with Gasteiger partial charge in [0, 0.05) is 4.47 Å². The first-order valence-electron chi connectivity index (χ1n) is 3.69. The molecule has 0 aliphatic rings. The van der Waals surface area contributed by atoms with Gasteiger partial charge in [0.1, 0.15) is 19.0 Å². The molecule has 0 saturated heterocycles.